The summed E-state index contributed by atoms with van der Waals surface area (Å²) in [6.07, 6.45) is 2.33. The molecule has 12 heteroatoms. The molecule has 140 valence electrons. The molecule has 0 aromatic heterocycles. The third-order valence-electron chi connectivity index (χ3n) is 3.34. The molecule has 0 saturated heterocycles. The summed E-state index contributed by atoms with van der Waals surface area (Å²) < 4.78 is 64.3. The van der Waals surface area contributed by atoms with Gasteiger partial charge in [0.05, 0.1) is 11.4 Å². The van der Waals surface area contributed by atoms with E-state index in [1.807, 2.05) is 0 Å². The van der Waals surface area contributed by atoms with Gasteiger partial charge in [0.1, 0.15) is 9.79 Å². The van der Waals surface area contributed by atoms with Crippen molar-refractivity contribution < 1.29 is 35.5 Å². The van der Waals surface area contributed by atoms with Crippen molar-refractivity contribution in [3.8, 4) is 0 Å². The Morgan fingerprint density at radius 2 is 1.11 bits per heavy atom. The number of benzene rings is 2. The van der Waals surface area contributed by atoms with E-state index in [4.69, 9.17) is 0 Å². The van der Waals surface area contributed by atoms with Crippen molar-refractivity contribution in [3.63, 3.8) is 0 Å². The molecule has 2 aromatic carbocycles. The second-order valence-corrected chi connectivity index (χ2v) is 7.92. The van der Waals surface area contributed by atoms with Crippen molar-refractivity contribution in [2.45, 2.75) is 16.2 Å². The van der Waals surface area contributed by atoms with E-state index in [-0.39, 0.29) is 17.8 Å². The highest BCUT2D eigenvalue weighted by Gasteiger charge is 2.18. The van der Waals surface area contributed by atoms with Crippen molar-refractivity contribution in [2.24, 2.45) is 9.98 Å². The van der Waals surface area contributed by atoms with E-state index in [1.165, 1.54) is 24.3 Å². The number of nitrogens with zero attached hydrogens (tertiary/aromatic N) is 2. The maximum absolute atomic E-state index is 11.4. The summed E-state index contributed by atoms with van der Waals surface area (Å²) in [5, 5.41) is 0. The molecule has 0 aliphatic carbocycles. The Kier molecular flexibility index (Phi) is 5.82. The first-order chi connectivity index (χ1) is 12.6. The maximum Gasteiger partial charge on any atom is 0.296 e. The van der Waals surface area contributed by atoms with Crippen LogP contribution in [0, 0.1) is 0 Å². The van der Waals surface area contributed by atoms with Gasteiger partial charge in [-0.05, 0) is 41.8 Å². The Morgan fingerprint density at radius 3 is 1.41 bits per heavy atom. The molecule has 2 rings (SSSR count). The summed E-state index contributed by atoms with van der Waals surface area (Å²) in [7, 11) is -9.36. The standard InChI is InChI=1S/C15H10N2O8S2/c18-8-16-12-3-1-10(6-14(12)26(20,21)22)5-11-2-4-13(17-9-19)15(7-11)27(23,24)25/h1-4,6-7H,5H2,(H,20,21,22)(H,23,24,25). The Balaban J connectivity index is 2.55. The lowest BCUT2D eigenvalue weighted by molar-refractivity contribution is 0.481. The lowest BCUT2D eigenvalue weighted by Gasteiger charge is -2.08. The average Bonchev–Trinajstić information content (AvgIpc) is 2.56. The third kappa shape index (κ3) is 5.02. The first-order valence-corrected chi connectivity index (χ1v) is 9.81. The molecule has 2 N–H and O–H groups in total. The van der Waals surface area contributed by atoms with E-state index < -0.39 is 30.0 Å². The van der Waals surface area contributed by atoms with E-state index in [0.717, 1.165) is 24.3 Å². The number of hydrogen-bond acceptors (Lipinski definition) is 8. The van der Waals surface area contributed by atoms with Crippen LogP contribution >= 0.6 is 0 Å². The van der Waals surface area contributed by atoms with Crippen molar-refractivity contribution in [1.82, 2.24) is 0 Å². The lowest BCUT2D eigenvalue weighted by atomic mass is 10.0. The van der Waals surface area contributed by atoms with Gasteiger partial charge in [0, 0.05) is 0 Å². The monoisotopic (exact) mass is 410 g/mol. The van der Waals surface area contributed by atoms with Gasteiger partial charge < -0.3 is 0 Å². The quantitative estimate of drug-likeness (QED) is 0.412. The van der Waals surface area contributed by atoms with E-state index in [0.29, 0.717) is 11.1 Å². The van der Waals surface area contributed by atoms with E-state index in [2.05, 4.69) is 9.98 Å². The third-order valence-corrected chi connectivity index (χ3v) is 5.11. The van der Waals surface area contributed by atoms with Gasteiger partial charge in [0.2, 0.25) is 12.2 Å². The fraction of sp³-hybridized carbons (Fsp3) is 0.0667. The zero-order valence-electron chi connectivity index (χ0n) is 13.2. The average molecular weight is 410 g/mol. The van der Waals surface area contributed by atoms with Crippen LogP contribution in [-0.2, 0) is 36.2 Å². The van der Waals surface area contributed by atoms with Gasteiger partial charge >= 0.3 is 0 Å². The Morgan fingerprint density at radius 1 is 0.741 bits per heavy atom. The molecule has 0 spiro atoms. The zero-order valence-corrected chi connectivity index (χ0v) is 14.9. The first-order valence-electron chi connectivity index (χ1n) is 6.93. The van der Waals surface area contributed by atoms with Crippen LogP contribution in [0.15, 0.2) is 56.2 Å². The van der Waals surface area contributed by atoms with Crippen molar-refractivity contribution in [2.75, 3.05) is 0 Å². The second kappa shape index (κ2) is 7.72. The molecule has 0 aliphatic heterocycles. The molecular weight excluding hydrogens is 400 g/mol. The summed E-state index contributed by atoms with van der Waals surface area (Å²) >= 11 is 0. The van der Waals surface area contributed by atoms with E-state index in [1.54, 1.807) is 0 Å². The topological polar surface area (TPSA) is 168 Å². The Bertz CT molecular complexity index is 1110. The largest absolute Gasteiger partial charge is 0.296 e. The fourth-order valence-electron chi connectivity index (χ4n) is 2.27. The first kappa shape index (κ1) is 20.3. The lowest BCUT2D eigenvalue weighted by Crippen LogP contribution is -2.02. The Hall–Kier alpha value is -2.98. The van der Waals surface area contributed by atoms with Gasteiger partial charge in [-0.1, -0.05) is 12.1 Å². The minimum atomic E-state index is -4.68. The minimum absolute atomic E-state index is 0.0127. The molecule has 0 bridgehead atoms. The molecule has 0 radical (unpaired) electrons. The number of carbonyl (C=O) groups excluding carboxylic acids is 2. The highest BCUT2D eigenvalue weighted by molar-refractivity contribution is 7.86. The predicted octanol–water partition coefficient (Wildman–Crippen LogP) is 1.71. The van der Waals surface area contributed by atoms with Crippen molar-refractivity contribution in [3.05, 3.63) is 47.5 Å². The van der Waals surface area contributed by atoms with Crippen LogP contribution < -0.4 is 0 Å². The van der Waals surface area contributed by atoms with Crippen LogP contribution in [0.25, 0.3) is 0 Å². The SMILES string of the molecule is O=C=Nc1ccc(Cc2ccc(N=C=O)c(S(=O)(=O)O)c2)cc1S(=O)(=O)O. The second-order valence-electron chi connectivity index (χ2n) is 5.14. The van der Waals surface area contributed by atoms with Crippen molar-refractivity contribution >= 4 is 43.8 Å². The van der Waals surface area contributed by atoms with Crippen LogP contribution in [0.1, 0.15) is 11.1 Å². The number of aliphatic imine (C=N–C) groups is 2. The molecule has 0 amide bonds. The minimum Gasteiger partial charge on any atom is -0.282 e. The molecule has 0 fully saturated rings. The van der Waals surface area contributed by atoms with Crippen LogP contribution in [0.5, 0.6) is 0 Å². The maximum atomic E-state index is 11.4. The number of hydrogen-bond donors (Lipinski definition) is 2. The molecule has 27 heavy (non-hydrogen) atoms. The summed E-state index contributed by atoms with van der Waals surface area (Å²) in [5.41, 5.74) is 0.0110. The summed E-state index contributed by atoms with van der Waals surface area (Å²) in [6.45, 7) is 0. The molecule has 10 nitrogen and oxygen atoms in total. The van der Waals surface area contributed by atoms with Crippen LogP contribution in [0.2, 0.25) is 0 Å². The zero-order chi connectivity index (χ0) is 20.2. The number of rotatable bonds is 6. The summed E-state index contributed by atoms with van der Waals surface area (Å²) in [6, 6.07) is 7.23. The highest BCUT2D eigenvalue weighted by Crippen LogP contribution is 2.29. The van der Waals surface area contributed by atoms with Gasteiger partial charge in [0.25, 0.3) is 20.2 Å². The van der Waals surface area contributed by atoms with Gasteiger partial charge in [0.15, 0.2) is 0 Å². The molecule has 0 atom stereocenters. The van der Waals surface area contributed by atoms with Gasteiger partial charge in [-0.25, -0.2) is 9.59 Å². The summed E-state index contributed by atoms with van der Waals surface area (Å²) in [5.74, 6) is 0. The predicted molar refractivity (Wildman–Crippen MR) is 90.9 cm³/mol. The highest BCUT2D eigenvalue weighted by atomic mass is 32.2. The fourth-order valence-corrected chi connectivity index (χ4v) is 3.63. The number of isocyanates is 2. The Labute approximate surface area is 153 Å². The molecule has 0 heterocycles. The van der Waals surface area contributed by atoms with Crippen LogP contribution in [0.3, 0.4) is 0 Å². The van der Waals surface area contributed by atoms with E-state index in [9.17, 15) is 35.5 Å². The molecular formula is C15H10N2O8S2. The normalized spacial score (nSPS) is 11.3. The van der Waals surface area contributed by atoms with Crippen molar-refractivity contribution in [1.29, 1.82) is 0 Å². The smallest absolute Gasteiger partial charge is 0.282 e. The molecule has 0 saturated carbocycles. The molecule has 0 unspecified atom stereocenters. The van der Waals surface area contributed by atoms with Gasteiger partial charge in [-0.3, -0.25) is 9.11 Å². The van der Waals surface area contributed by atoms with Crippen LogP contribution in [-0.4, -0.2) is 38.1 Å². The molecule has 0 aliphatic rings. The van der Waals surface area contributed by atoms with Gasteiger partial charge in [-0.15, -0.1) is 0 Å². The van der Waals surface area contributed by atoms with E-state index >= 15 is 0 Å². The summed E-state index contributed by atoms with van der Waals surface area (Å²) in [4.78, 5) is 25.9. The van der Waals surface area contributed by atoms with Crippen LogP contribution in [0.4, 0.5) is 11.4 Å². The molecule has 2 aromatic rings. The van der Waals surface area contributed by atoms with Gasteiger partial charge in [-0.2, -0.15) is 26.8 Å².